The van der Waals surface area contributed by atoms with Gasteiger partial charge < -0.3 is 21.3 Å². The van der Waals surface area contributed by atoms with E-state index in [4.69, 9.17) is 11.5 Å². The number of carbonyl (C=O) groups excluding carboxylic acids is 2. The lowest BCUT2D eigenvalue weighted by Crippen LogP contribution is -2.35. The number of primary amides is 1. The number of nitrogens with two attached hydrogens (primary N) is 2. The van der Waals surface area contributed by atoms with E-state index < -0.39 is 5.91 Å². The smallest absolute Gasteiger partial charge is 0.255 e. The molecular formula is C13H20N4O2. The molecule has 0 aliphatic rings. The molecule has 1 aromatic carbocycles. The summed E-state index contributed by atoms with van der Waals surface area (Å²) in [5, 5.41) is 0. The Balaban J connectivity index is 3.26. The Kier molecular flexibility index (Phi) is 4.74. The maximum absolute atomic E-state index is 12.1. The molecule has 0 fully saturated rings. The second-order valence-electron chi connectivity index (χ2n) is 4.46. The van der Waals surface area contributed by atoms with Gasteiger partial charge in [-0.3, -0.25) is 9.59 Å². The second kappa shape index (κ2) is 6.08. The molecular weight excluding hydrogens is 244 g/mol. The van der Waals surface area contributed by atoms with E-state index in [1.54, 1.807) is 37.2 Å². The lowest BCUT2D eigenvalue weighted by atomic mass is 10.1. The van der Waals surface area contributed by atoms with Crippen LogP contribution in [-0.2, 0) is 4.79 Å². The first-order valence-electron chi connectivity index (χ1n) is 6.01. The predicted octanol–water partition coefficient (Wildman–Crippen LogP) is 0.282. The molecule has 0 unspecified atom stereocenters. The van der Waals surface area contributed by atoms with E-state index in [0.717, 1.165) is 0 Å². The Hall–Kier alpha value is -2.24. The molecule has 0 bridgehead atoms. The van der Waals surface area contributed by atoms with Crippen molar-refractivity contribution < 1.29 is 9.59 Å². The fraction of sp³-hybridized carbons (Fsp3) is 0.385. The third-order valence-electron chi connectivity index (χ3n) is 2.73. The van der Waals surface area contributed by atoms with Crippen LogP contribution in [0.4, 0.5) is 11.4 Å². The van der Waals surface area contributed by atoms with Gasteiger partial charge in [-0.25, -0.2) is 0 Å². The predicted molar refractivity (Wildman–Crippen MR) is 76.0 cm³/mol. The SMILES string of the molecule is CCN(CC(N)=O)c1cc(N)ccc1C(=O)N(C)C. The summed E-state index contributed by atoms with van der Waals surface area (Å²) in [6.07, 6.45) is 0. The number of benzene rings is 1. The van der Waals surface area contributed by atoms with Gasteiger partial charge >= 0.3 is 0 Å². The first kappa shape index (κ1) is 14.8. The van der Waals surface area contributed by atoms with Gasteiger partial charge in [0.1, 0.15) is 0 Å². The molecule has 0 atom stereocenters. The topological polar surface area (TPSA) is 92.7 Å². The van der Waals surface area contributed by atoms with Crippen molar-refractivity contribution in [2.45, 2.75) is 6.92 Å². The summed E-state index contributed by atoms with van der Waals surface area (Å²) >= 11 is 0. The summed E-state index contributed by atoms with van der Waals surface area (Å²) in [5.74, 6) is -0.592. The number of rotatable bonds is 5. The van der Waals surface area contributed by atoms with Crippen LogP contribution in [0.3, 0.4) is 0 Å². The molecule has 0 heterocycles. The highest BCUT2D eigenvalue weighted by Gasteiger charge is 2.18. The number of likely N-dealkylation sites (N-methyl/N-ethyl adjacent to an activating group) is 1. The van der Waals surface area contributed by atoms with Gasteiger partial charge in [-0.2, -0.15) is 0 Å². The molecule has 0 saturated heterocycles. The number of nitrogen functional groups attached to an aromatic ring is 1. The maximum Gasteiger partial charge on any atom is 0.255 e. The van der Waals surface area contributed by atoms with Gasteiger partial charge in [0.25, 0.3) is 5.91 Å². The number of amides is 2. The van der Waals surface area contributed by atoms with E-state index >= 15 is 0 Å². The fourth-order valence-electron chi connectivity index (χ4n) is 1.79. The summed E-state index contributed by atoms with van der Waals surface area (Å²) in [6.45, 7) is 2.49. The van der Waals surface area contributed by atoms with E-state index in [1.165, 1.54) is 4.90 Å². The van der Waals surface area contributed by atoms with Crippen molar-refractivity contribution in [3.05, 3.63) is 23.8 Å². The van der Waals surface area contributed by atoms with Crippen molar-refractivity contribution in [3.63, 3.8) is 0 Å². The highest BCUT2D eigenvalue weighted by atomic mass is 16.2. The zero-order valence-corrected chi connectivity index (χ0v) is 11.5. The maximum atomic E-state index is 12.1. The van der Waals surface area contributed by atoms with Crippen molar-refractivity contribution in [1.82, 2.24) is 4.90 Å². The van der Waals surface area contributed by atoms with E-state index in [9.17, 15) is 9.59 Å². The van der Waals surface area contributed by atoms with Gasteiger partial charge in [-0.05, 0) is 25.1 Å². The van der Waals surface area contributed by atoms with E-state index in [-0.39, 0.29) is 12.5 Å². The van der Waals surface area contributed by atoms with Crippen LogP contribution in [0.5, 0.6) is 0 Å². The Morgan fingerprint density at radius 1 is 1.26 bits per heavy atom. The average Bonchev–Trinajstić information content (AvgIpc) is 2.34. The minimum atomic E-state index is -0.451. The number of nitrogens with zero attached hydrogens (tertiary/aromatic N) is 2. The zero-order chi connectivity index (χ0) is 14.6. The quantitative estimate of drug-likeness (QED) is 0.747. The Labute approximate surface area is 113 Å². The van der Waals surface area contributed by atoms with Gasteiger partial charge in [-0.15, -0.1) is 0 Å². The number of anilines is 2. The van der Waals surface area contributed by atoms with Crippen LogP contribution in [0.15, 0.2) is 18.2 Å². The monoisotopic (exact) mass is 264 g/mol. The summed E-state index contributed by atoms with van der Waals surface area (Å²) in [6, 6.07) is 5.01. The molecule has 6 nitrogen and oxygen atoms in total. The number of hydrogen-bond donors (Lipinski definition) is 2. The third kappa shape index (κ3) is 3.61. The highest BCUT2D eigenvalue weighted by Crippen LogP contribution is 2.24. The molecule has 4 N–H and O–H groups in total. The number of carbonyl (C=O) groups is 2. The molecule has 104 valence electrons. The molecule has 0 aliphatic heterocycles. The second-order valence-corrected chi connectivity index (χ2v) is 4.46. The molecule has 0 saturated carbocycles. The van der Waals surface area contributed by atoms with Gasteiger partial charge in [0, 0.05) is 26.3 Å². The van der Waals surface area contributed by atoms with Crippen LogP contribution < -0.4 is 16.4 Å². The lowest BCUT2D eigenvalue weighted by molar-refractivity contribution is -0.116. The van der Waals surface area contributed by atoms with Crippen LogP contribution in [0.2, 0.25) is 0 Å². The highest BCUT2D eigenvalue weighted by molar-refractivity contribution is 6.00. The lowest BCUT2D eigenvalue weighted by Gasteiger charge is -2.25. The van der Waals surface area contributed by atoms with Crippen molar-refractivity contribution >= 4 is 23.2 Å². The van der Waals surface area contributed by atoms with Crippen LogP contribution in [0.25, 0.3) is 0 Å². The largest absolute Gasteiger partial charge is 0.399 e. The number of hydrogen-bond acceptors (Lipinski definition) is 4. The summed E-state index contributed by atoms with van der Waals surface area (Å²) in [4.78, 5) is 26.4. The normalized spacial score (nSPS) is 10.1. The van der Waals surface area contributed by atoms with Crippen molar-refractivity contribution in [2.75, 3.05) is 37.8 Å². The van der Waals surface area contributed by atoms with Crippen LogP contribution in [0, 0.1) is 0 Å². The van der Waals surface area contributed by atoms with E-state index in [0.29, 0.717) is 23.5 Å². The van der Waals surface area contributed by atoms with Crippen LogP contribution in [0.1, 0.15) is 17.3 Å². The van der Waals surface area contributed by atoms with Gasteiger partial charge in [0.05, 0.1) is 17.8 Å². The summed E-state index contributed by atoms with van der Waals surface area (Å²) in [7, 11) is 3.35. The molecule has 0 aliphatic carbocycles. The zero-order valence-electron chi connectivity index (χ0n) is 11.5. The summed E-state index contributed by atoms with van der Waals surface area (Å²) < 4.78 is 0. The molecule has 6 heteroatoms. The van der Waals surface area contributed by atoms with Crippen LogP contribution in [-0.4, -0.2) is 43.9 Å². The molecule has 1 aromatic rings. The average molecular weight is 264 g/mol. The van der Waals surface area contributed by atoms with Crippen LogP contribution >= 0.6 is 0 Å². The fourth-order valence-corrected chi connectivity index (χ4v) is 1.79. The van der Waals surface area contributed by atoms with E-state index in [1.807, 2.05) is 6.92 Å². The van der Waals surface area contributed by atoms with Crippen molar-refractivity contribution in [1.29, 1.82) is 0 Å². The Morgan fingerprint density at radius 3 is 2.37 bits per heavy atom. The van der Waals surface area contributed by atoms with Gasteiger partial charge in [0.2, 0.25) is 5.91 Å². The third-order valence-corrected chi connectivity index (χ3v) is 2.73. The van der Waals surface area contributed by atoms with E-state index in [2.05, 4.69) is 0 Å². The molecule has 0 aromatic heterocycles. The molecule has 2 amide bonds. The first-order valence-corrected chi connectivity index (χ1v) is 6.01. The van der Waals surface area contributed by atoms with Crippen molar-refractivity contribution in [3.8, 4) is 0 Å². The minimum absolute atomic E-state index is 0.0493. The molecule has 1 rings (SSSR count). The first-order chi connectivity index (χ1) is 8.86. The molecule has 0 spiro atoms. The van der Waals surface area contributed by atoms with Gasteiger partial charge in [0.15, 0.2) is 0 Å². The van der Waals surface area contributed by atoms with Gasteiger partial charge in [-0.1, -0.05) is 0 Å². The standard InChI is InChI=1S/C13H20N4O2/c1-4-17(8-12(15)18)11-7-9(14)5-6-10(11)13(19)16(2)3/h5-7H,4,8,14H2,1-3H3,(H2,15,18). The summed E-state index contributed by atoms with van der Waals surface area (Å²) in [5.41, 5.74) is 12.6. The van der Waals surface area contributed by atoms with Crippen molar-refractivity contribution in [2.24, 2.45) is 5.73 Å². The molecule has 0 radical (unpaired) electrons. The minimum Gasteiger partial charge on any atom is -0.399 e. The Bertz CT molecular complexity index is 486. The molecule has 19 heavy (non-hydrogen) atoms. The Morgan fingerprint density at radius 2 is 1.89 bits per heavy atom.